The van der Waals surface area contributed by atoms with Crippen molar-refractivity contribution in [3.63, 3.8) is 0 Å². The van der Waals surface area contributed by atoms with Crippen LogP contribution in [-0.4, -0.2) is 43.3 Å². The molecule has 1 aliphatic heterocycles. The molecule has 1 aromatic carbocycles. The number of amides is 1. The highest BCUT2D eigenvalue weighted by Crippen LogP contribution is 2.24. The van der Waals surface area contributed by atoms with Gasteiger partial charge >= 0.3 is 0 Å². The number of hydrogen-bond donors (Lipinski definition) is 1. The molecule has 108 valence electrons. The van der Waals surface area contributed by atoms with E-state index in [1.807, 2.05) is 0 Å². The van der Waals surface area contributed by atoms with Gasteiger partial charge in [0.1, 0.15) is 5.02 Å². The average Bonchev–Trinajstić information content (AvgIpc) is 2.46. The molecule has 0 bridgehead atoms. The number of hydrogen-bond acceptors (Lipinski definition) is 5. The van der Waals surface area contributed by atoms with E-state index in [2.05, 4.69) is 5.32 Å². The van der Waals surface area contributed by atoms with Gasteiger partial charge in [0.15, 0.2) is 0 Å². The molecule has 1 aromatic rings. The highest BCUT2D eigenvalue weighted by atomic mass is 35.5. The summed E-state index contributed by atoms with van der Waals surface area (Å²) < 4.78 is 10.6. The molecule has 0 saturated carbocycles. The molecule has 0 aliphatic carbocycles. The fourth-order valence-corrected chi connectivity index (χ4v) is 1.94. The molecule has 1 fully saturated rings. The third-order valence-electron chi connectivity index (χ3n) is 2.78. The number of nitro benzene ring substituents is 1. The van der Waals surface area contributed by atoms with Crippen molar-refractivity contribution in [3.05, 3.63) is 38.9 Å². The standard InChI is InChI=1S/C12H13ClN2O5/c13-10-2-1-8(5-11(10)15(17)18)12(16)14-6-9-7-19-3-4-20-9/h1-2,5,9H,3-4,6-7H2,(H,14,16). The quantitative estimate of drug-likeness (QED) is 0.670. The smallest absolute Gasteiger partial charge is 0.288 e. The number of carbonyl (C=O) groups is 1. The lowest BCUT2D eigenvalue weighted by atomic mass is 10.2. The summed E-state index contributed by atoms with van der Waals surface area (Å²) in [5.41, 5.74) is -0.116. The Morgan fingerprint density at radius 1 is 1.50 bits per heavy atom. The van der Waals surface area contributed by atoms with Crippen LogP contribution in [0.25, 0.3) is 0 Å². The third-order valence-corrected chi connectivity index (χ3v) is 3.10. The molecule has 1 heterocycles. The lowest BCUT2D eigenvalue weighted by Crippen LogP contribution is -2.39. The second-order valence-corrected chi connectivity index (χ2v) is 4.61. The van der Waals surface area contributed by atoms with Crippen LogP contribution in [0.4, 0.5) is 5.69 Å². The molecule has 7 nitrogen and oxygen atoms in total. The number of carbonyl (C=O) groups excluding carboxylic acids is 1. The second kappa shape index (κ2) is 6.65. The maximum atomic E-state index is 11.9. The van der Waals surface area contributed by atoms with Gasteiger partial charge in [0.05, 0.1) is 30.8 Å². The minimum Gasteiger partial charge on any atom is -0.376 e. The van der Waals surface area contributed by atoms with Crippen molar-refractivity contribution < 1.29 is 19.2 Å². The van der Waals surface area contributed by atoms with Crippen molar-refractivity contribution in [2.45, 2.75) is 6.10 Å². The van der Waals surface area contributed by atoms with E-state index >= 15 is 0 Å². The number of halogens is 1. The van der Waals surface area contributed by atoms with Crippen LogP contribution in [0.3, 0.4) is 0 Å². The maximum Gasteiger partial charge on any atom is 0.288 e. The van der Waals surface area contributed by atoms with Crippen LogP contribution in [0, 0.1) is 10.1 Å². The predicted molar refractivity (Wildman–Crippen MR) is 71.0 cm³/mol. The van der Waals surface area contributed by atoms with Crippen LogP contribution < -0.4 is 5.32 Å². The van der Waals surface area contributed by atoms with Gasteiger partial charge in [0.2, 0.25) is 0 Å². The first-order valence-electron chi connectivity index (χ1n) is 5.99. The molecule has 1 amide bonds. The van der Waals surface area contributed by atoms with Crippen LogP contribution in [0.5, 0.6) is 0 Å². The Morgan fingerprint density at radius 2 is 2.30 bits per heavy atom. The number of nitrogens with zero attached hydrogens (tertiary/aromatic N) is 1. The Labute approximate surface area is 120 Å². The minimum atomic E-state index is -0.628. The van der Waals surface area contributed by atoms with Crippen molar-refractivity contribution >= 4 is 23.2 Å². The number of rotatable bonds is 4. The zero-order valence-corrected chi connectivity index (χ0v) is 11.3. The van der Waals surface area contributed by atoms with Crippen molar-refractivity contribution in [1.82, 2.24) is 5.32 Å². The van der Waals surface area contributed by atoms with Gasteiger partial charge in [0.25, 0.3) is 11.6 Å². The summed E-state index contributed by atoms with van der Waals surface area (Å²) in [6.45, 7) is 1.75. The molecule has 20 heavy (non-hydrogen) atoms. The predicted octanol–water partition coefficient (Wildman–Crippen LogP) is 1.39. The van der Waals surface area contributed by atoms with Crippen molar-refractivity contribution in [2.24, 2.45) is 0 Å². The van der Waals surface area contributed by atoms with Gasteiger partial charge in [-0.15, -0.1) is 0 Å². The van der Waals surface area contributed by atoms with E-state index in [1.165, 1.54) is 12.1 Å². The van der Waals surface area contributed by atoms with Gasteiger partial charge in [-0.1, -0.05) is 11.6 Å². The fourth-order valence-electron chi connectivity index (χ4n) is 1.76. The van der Waals surface area contributed by atoms with Crippen molar-refractivity contribution in [3.8, 4) is 0 Å². The molecule has 1 N–H and O–H groups in total. The molecule has 0 radical (unpaired) electrons. The highest BCUT2D eigenvalue weighted by Gasteiger charge is 2.18. The first-order valence-corrected chi connectivity index (χ1v) is 6.37. The summed E-state index contributed by atoms with van der Waals surface area (Å²) in [4.78, 5) is 22.0. The van der Waals surface area contributed by atoms with Crippen LogP contribution in [0.2, 0.25) is 5.02 Å². The van der Waals surface area contributed by atoms with Gasteiger partial charge < -0.3 is 14.8 Å². The van der Waals surface area contributed by atoms with Gasteiger partial charge in [0, 0.05) is 18.2 Å². The number of nitrogens with one attached hydrogen (secondary N) is 1. The zero-order chi connectivity index (χ0) is 14.5. The Morgan fingerprint density at radius 3 is 2.95 bits per heavy atom. The molecule has 1 unspecified atom stereocenters. The van der Waals surface area contributed by atoms with Gasteiger partial charge in [-0.05, 0) is 12.1 Å². The number of ether oxygens (including phenoxy) is 2. The summed E-state index contributed by atoms with van der Waals surface area (Å²) in [5.74, 6) is -0.418. The van der Waals surface area contributed by atoms with E-state index in [0.29, 0.717) is 19.8 Å². The zero-order valence-electron chi connectivity index (χ0n) is 10.5. The first-order chi connectivity index (χ1) is 9.58. The molecule has 1 aliphatic rings. The number of nitro groups is 1. The summed E-state index contributed by atoms with van der Waals surface area (Å²) in [7, 11) is 0. The van der Waals surface area contributed by atoms with Crippen LogP contribution in [0.15, 0.2) is 18.2 Å². The Bertz CT molecular complexity index is 517. The van der Waals surface area contributed by atoms with E-state index < -0.39 is 10.8 Å². The van der Waals surface area contributed by atoms with Crippen LogP contribution >= 0.6 is 11.6 Å². The average molecular weight is 301 g/mol. The fraction of sp³-hybridized carbons (Fsp3) is 0.417. The molecule has 1 saturated heterocycles. The lowest BCUT2D eigenvalue weighted by Gasteiger charge is -2.23. The summed E-state index contributed by atoms with van der Waals surface area (Å²) in [6, 6.07) is 3.91. The molecular formula is C12H13ClN2O5. The molecule has 0 aromatic heterocycles. The summed E-state index contributed by atoms with van der Waals surface area (Å²) >= 11 is 5.68. The molecular weight excluding hydrogens is 288 g/mol. The Hall–Kier alpha value is -1.70. The maximum absolute atomic E-state index is 11.9. The third kappa shape index (κ3) is 3.66. The van der Waals surface area contributed by atoms with Crippen molar-refractivity contribution in [1.29, 1.82) is 0 Å². The van der Waals surface area contributed by atoms with Crippen molar-refractivity contribution in [2.75, 3.05) is 26.4 Å². The number of benzene rings is 1. The Balaban J connectivity index is 1.98. The summed E-state index contributed by atoms with van der Waals surface area (Å²) in [5, 5.41) is 13.4. The van der Waals surface area contributed by atoms with Gasteiger partial charge in [-0.25, -0.2) is 0 Å². The SMILES string of the molecule is O=C(NCC1COCCO1)c1ccc(Cl)c([N+](=O)[O-])c1. The largest absolute Gasteiger partial charge is 0.376 e. The van der Waals surface area contributed by atoms with Crippen LogP contribution in [0.1, 0.15) is 10.4 Å². The normalized spacial score (nSPS) is 18.6. The minimum absolute atomic E-state index is 0.00411. The molecule has 1 atom stereocenters. The topological polar surface area (TPSA) is 90.7 Å². The second-order valence-electron chi connectivity index (χ2n) is 4.20. The first kappa shape index (κ1) is 14.7. The van der Waals surface area contributed by atoms with E-state index in [-0.39, 0.29) is 28.9 Å². The van der Waals surface area contributed by atoms with E-state index in [0.717, 1.165) is 6.07 Å². The van der Waals surface area contributed by atoms with Crippen LogP contribution in [-0.2, 0) is 9.47 Å². The molecule has 2 rings (SSSR count). The lowest BCUT2D eigenvalue weighted by molar-refractivity contribution is -0.384. The highest BCUT2D eigenvalue weighted by molar-refractivity contribution is 6.32. The monoisotopic (exact) mass is 300 g/mol. The van der Waals surface area contributed by atoms with Gasteiger partial charge in [-0.2, -0.15) is 0 Å². The van der Waals surface area contributed by atoms with Gasteiger partial charge in [-0.3, -0.25) is 14.9 Å². The molecule has 0 spiro atoms. The van der Waals surface area contributed by atoms with E-state index in [9.17, 15) is 14.9 Å². The van der Waals surface area contributed by atoms with E-state index in [4.69, 9.17) is 21.1 Å². The summed E-state index contributed by atoms with van der Waals surface area (Å²) in [6.07, 6.45) is -0.199. The Kier molecular flexibility index (Phi) is 4.89. The van der Waals surface area contributed by atoms with E-state index in [1.54, 1.807) is 0 Å². The molecule has 8 heteroatoms.